The summed E-state index contributed by atoms with van der Waals surface area (Å²) >= 11 is 0. The molecule has 0 radical (unpaired) electrons. The van der Waals surface area contributed by atoms with E-state index in [-0.39, 0.29) is 35.0 Å². The van der Waals surface area contributed by atoms with Crippen LogP contribution in [0, 0.1) is 28.6 Å². The van der Waals surface area contributed by atoms with Gasteiger partial charge in [-0.05, 0) is 24.8 Å². The Morgan fingerprint density at radius 2 is 1.90 bits per heavy atom. The maximum absolute atomic E-state index is 12.5. The van der Waals surface area contributed by atoms with Crippen molar-refractivity contribution in [2.45, 2.75) is 19.8 Å². The predicted octanol–water partition coefficient (Wildman–Crippen LogP) is 2.00. The van der Waals surface area contributed by atoms with Gasteiger partial charge < -0.3 is 20.4 Å². The number of ether oxygens (including phenoxy) is 1. The summed E-state index contributed by atoms with van der Waals surface area (Å²) in [6.07, 6.45) is 1.93. The molecule has 29 heavy (non-hydrogen) atoms. The van der Waals surface area contributed by atoms with Crippen LogP contribution in [0.3, 0.4) is 0 Å². The van der Waals surface area contributed by atoms with Gasteiger partial charge in [0.25, 0.3) is 11.5 Å². The van der Waals surface area contributed by atoms with Crippen molar-refractivity contribution in [3.05, 3.63) is 45.7 Å². The first kappa shape index (κ1) is 20.0. The van der Waals surface area contributed by atoms with Crippen molar-refractivity contribution in [2.75, 3.05) is 25.4 Å². The van der Waals surface area contributed by atoms with Gasteiger partial charge in [-0.1, -0.05) is 25.1 Å². The second-order valence-corrected chi connectivity index (χ2v) is 7.06. The zero-order valence-corrected chi connectivity index (χ0v) is 16.1. The number of hydrogen-bond donors (Lipinski definition) is 2. The Balaban J connectivity index is 1.93. The van der Waals surface area contributed by atoms with E-state index in [9.17, 15) is 20.1 Å². The van der Waals surface area contributed by atoms with Gasteiger partial charge in [-0.25, -0.2) is 0 Å². The number of nitrogens with zero attached hydrogens (tertiary/aromatic N) is 3. The molecule has 0 saturated carbocycles. The number of carbonyl (C=O) groups excluding carboxylic acids is 1. The number of piperidine rings is 1. The molecule has 2 aromatic rings. The molecule has 0 aliphatic carbocycles. The van der Waals surface area contributed by atoms with Crippen LogP contribution in [0.25, 0.3) is 11.1 Å². The number of aromatic nitrogens is 1. The Morgan fingerprint density at radius 3 is 2.55 bits per heavy atom. The zero-order chi connectivity index (χ0) is 21.0. The molecule has 8 heteroatoms. The number of pyridine rings is 1. The normalized spacial score (nSPS) is 14.1. The molecular formula is C21H21N5O3. The minimum absolute atomic E-state index is 0.0199. The summed E-state index contributed by atoms with van der Waals surface area (Å²) in [5.74, 6) is 0.651. The maximum Gasteiger partial charge on any atom is 0.268 e. The Kier molecular flexibility index (Phi) is 5.85. The number of benzene rings is 1. The van der Waals surface area contributed by atoms with Gasteiger partial charge in [0.1, 0.15) is 34.8 Å². The minimum atomic E-state index is -0.688. The highest BCUT2D eigenvalue weighted by molar-refractivity contribution is 5.84. The van der Waals surface area contributed by atoms with Crippen LogP contribution in [0.1, 0.15) is 30.9 Å². The third kappa shape index (κ3) is 4.07. The van der Waals surface area contributed by atoms with E-state index in [2.05, 4.69) is 11.9 Å². The summed E-state index contributed by atoms with van der Waals surface area (Å²) in [6.45, 7) is 3.40. The molecule has 1 fully saturated rings. The summed E-state index contributed by atoms with van der Waals surface area (Å²) in [5, 5.41) is 19.0. The van der Waals surface area contributed by atoms with Crippen molar-refractivity contribution in [2.24, 2.45) is 5.92 Å². The van der Waals surface area contributed by atoms with Gasteiger partial charge in [-0.2, -0.15) is 10.5 Å². The van der Waals surface area contributed by atoms with Crippen LogP contribution >= 0.6 is 0 Å². The first-order valence-electron chi connectivity index (χ1n) is 9.32. The number of anilines is 1. The van der Waals surface area contributed by atoms with Gasteiger partial charge in [0.15, 0.2) is 6.61 Å². The zero-order valence-electron chi connectivity index (χ0n) is 16.1. The molecule has 1 aliphatic heterocycles. The van der Waals surface area contributed by atoms with E-state index in [0.29, 0.717) is 30.3 Å². The first-order chi connectivity index (χ1) is 14.0. The van der Waals surface area contributed by atoms with Gasteiger partial charge >= 0.3 is 0 Å². The third-order valence-electron chi connectivity index (χ3n) is 5.11. The van der Waals surface area contributed by atoms with Gasteiger partial charge in [0.2, 0.25) is 0 Å². The fourth-order valence-electron chi connectivity index (χ4n) is 3.40. The molecule has 8 nitrogen and oxygen atoms in total. The summed E-state index contributed by atoms with van der Waals surface area (Å²) in [6, 6.07) is 10.4. The Labute approximate surface area is 168 Å². The lowest BCUT2D eigenvalue weighted by molar-refractivity contribution is -0.134. The monoisotopic (exact) mass is 391 g/mol. The number of nitrogens with two attached hydrogens (primary N) is 1. The number of H-pyrrole nitrogens is 1. The molecule has 2 heterocycles. The molecule has 1 aromatic carbocycles. The minimum Gasteiger partial charge on any atom is -0.483 e. The van der Waals surface area contributed by atoms with Crippen molar-refractivity contribution >= 4 is 11.7 Å². The highest BCUT2D eigenvalue weighted by Gasteiger charge is 2.23. The number of rotatable bonds is 4. The lowest BCUT2D eigenvalue weighted by atomic mass is 9.96. The van der Waals surface area contributed by atoms with E-state index >= 15 is 0 Å². The molecule has 1 aromatic heterocycles. The van der Waals surface area contributed by atoms with Crippen LogP contribution in [-0.4, -0.2) is 35.5 Å². The van der Waals surface area contributed by atoms with E-state index < -0.39 is 5.56 Å². The smallest absolute Gasteiger partial charge is 0.268 e. The largest absolute Gasteiger partial charge is 0.483 e. The summed E-state index contributed by atoms with van der Waals surface area (Å²) in [7, 11) is 0. The number of carbonyl (C=O) groups is 1. The lowest BCUT2D eigenvalue weighted by Gasteiger charge is -2.30. The summed E-state index contributed by atoms with van der Waals surface area (Å²) in [5.41, 5.74) is 5.31. The number of likely N-dealkylation sites (tertiary alicyclic amines) is 1. The number of hydrogen-bond acceptors (Lipinski definition) is 6. The van der Waals surface area contributed by atoms with E-state index in [1.54, 1.807) is 29.2 Å². The van der Waals surface area contributed by atoms with Crippen LogP contribution in [0.5, 0.6) is 5.75 Å². The second-order valence-electron chi connectivity index (χ2n) is 7.06. The van der Waals surface area contributed by atoms with E-state index in [4.69, 9.17) is 10.5 Å². The van der Waals surface area contributed by atoms with Crippen LogP contribution in [-0.2, 0) is 4.79 Å². The molecule has 1 amide bonds. The number of aromatic amines is 1. The number of nitrogen functional groups attached to an aromatic ring is 1. The Hall–Kier alpha value is -3.78. The Bertz CT molecular complexity index is 1070. The van der Waals surface area contributed by atoms with Gasteiger partial charge in [-0.15, -0.1) is 0 Å². The SMILES string of the molecule is CC1CCN(C(=O)COc2ccccc2-c2c(C#N)c(N)[nH]c(=O)c2C#N)CC1. The van der Waals surface area contributed by atoms with Crippen LogP contribution in [0.15, 0.2) is 29.1 Å². The molecule has 3 rings (SSSR count). The topological polar surface area (TPSA) is 136 Å². The highest BCUT2D eigenvalue weighted by atomic mass is 16.5. The molecule has 0 bridgehead atoms. The van der Waals surface area contributed by atoms with Gasteiger partial charge in [-0.3, -0.25) is 9.59 Å². The second kappa shape index (κ2) is 8.49. The van der Waals surface area contributed by atoms with Crippen LogP contribution in [0.2, 0.25) is 0 Å². The molecule has 148 valence electrons. The molecule has 0 atom stereocenters. The lowest BCUT2D eigenvalue weighted by Crippen LogP contribution is -2.40. The first-order valence-corrected chi connectivity index (χ1v) is 9.32. The summed E-state index contributed by atoms with van der Waals surface area (Å²) in [4.78, 5) is 28.8. The van der Waals surface area contributed by atoms with Gasteiger partial charge in [0.05, 0.1) is 0 Å². The molecule has 3 N–H and O–H groups in total. The van der Waals surface area contributed by atoms with E-state index in [0.717, 1.165) is 12.8 Å². The summed E-state index contributed by atoms with van der Waals surface area (Å²) < 4.78 is 5.75. The highest BCUT2D eigenvalue weighted by Crippen LogP contribution is 2.35. The van der Waals surface area contributed by atoms with Crippen molar-refractivity contribution in [3.63, 3.8) is 0 Å². The predicted molar refractivity (Wildman–Crippen MR) is 107 cm³/mol. The fourth-order valence-corrected chi connectivity index (χ4v) is 3.40. The van der Waals surface area contributed by atoms with E-state index in [1.165, 1.54) is 0 Å². The van der Waals surface area contributed by atoms with Crippen molar-refractivity contribution < 1.29 is 9.53 Å². The quantitative estimate of drug-likeness (QED) is 0.818. The Morgan fingerprint density at radius 1 is 1.24 bits per heavy atom. The average Bonchev–Trinajstić information content (AvgIpc) is 2.72. The standard InChI is InChI=1S/C21H21N5O3/c1-13-6-8-26(9-7-13)18(27)12-29-17-5-3-2-4-14(17)19-15(10-22)20(24)25-21(28)16(19)11-23/h2-5,13H,6-9,12H2,1H3,(H3,24,25,28). The van der Waals surface area contributed by atoms with E-state index in [1.807, 2.05) is 12.1 Å². The van der Waals surface area contributed by atoms with Crippen LogP contribution in [0.4, 0.5) is 5.82 Å². The molecule has 1 saturated heterocycles. The van der Waals surface area contributed by atoms with Crippen LogP contribution < -0.4 is 16.0 Å². The van der Waals surface area contributed by atoms with Gasteiger partial charge in [0, 0.05) is 24.2 Å². The third-order valence-corrected chi connectivity index (χ3v) is 5.11. The average molecular weight is 391 g/mol. The molecule has 0 spiro atoms. The number of nitrogens with one attached hydrogen (secondary N) is 1. The maximum atomic E-state index is 12.5. The van der Waals surface area contributed by atoms with Crippen molar-refractivity contribution in [1.82, 2.24) is 9.88 Å². The molecular weight excluding hydrogens is 370 g/mol. The molecule has 1 aliphatic rings. The fraction of sp³-hybridized carbons (Fsp3) is 0.333. The number of para-hydroxylation sites is 1. The number of nitriles is 2. The van der Waals surface area contributed by atoms with Crippen molar-refractivity contribution in [3.8, 4) is 29.0 Å². The van der Waals surface area contributed by atoms with Crippen molar-refractivity contribution in [1.29, 1.82) is 10.5 Å². The molecule has 0 unspecified atom stereocenters. The number of amides is 1.